The number of aryl methyl sites for hydroxylation is 1. The van der Waals surface area contributed by atoms with E-state index < -0.39 is 6.67 Å². The fourth-order valence-corrected chi connectivity index (χ4v) is 1.03. The number of hydrogen-bond acceptors (Lipinski definition) is 2. The van der Waals surface area contributed by atoms with Gasteiger partial charge in [0.15, 0.2) is 0 Å². The van der Waals surface area contributed by atoms with E-state index in [9.17, 15) is 4.39 Å². The number of rotatable bonds is 5. The SMILES string of the molecule is CNCCCc1ncc(CF)[nH]1. The lowest BCUT2D eigenvalue weighted by Crippen LogP contribution is -2.08. The van der Waals surface area contributed by atoms with Gasteiger partial charge in [0, 0.05) is 6.42 Å². The van der Waals surface area contributed by atoms with Crippen LogP contribution in [0, 0.1) is 0 Å². The number of nitrogens with one attached hydrogen (secondary N) is 2. The average molecular weight is 171 g/mol. The van der Waals surface area contributed by atoms with Gasteiger partial charge in [0.05, 0.1) is 11.9 Å². The fraction of sp³-hybridized carbons (Fsp3) is 0.625. The smallest absolute Gasteiger partial charge is 0.131 e. The Labute approximate surface area is 71.4 Å². The van der Waals surface area contributed by atoms with Gasteiger partial charge >= 0.3 is 0 Å². The van der Waals surface area contributed by atoms with E-state index in [0.717, 1.165) is 25.2 Å². The lowest BCUT2D eigenvalue weighted by molar-refractivity contribution is 0.476. The molecule has 0 amide bonds. The predicted octanol–water partition coefficient (Wildman–Crippen LogP) is 1.03. The summed E-state index contributed by atoms with van der Waals surface area (Å²) in [6.07, 6.45) is 3.45. The minimum atomic E-state index is -0.459. The van der Waals surface area contributed by atoms with Crippen molar-refractivity contribution < 1.29 is 4.39 Å². The van der Waals surface area contributed by atoms with Crippen LogP contribution in [-0.2, 0) is 13.1 Å². The van der Waals surface area contributed by atoms with E-state index in [2.05, 4.69) is 15.3 Å². The van der Waals surface area contributed by atoms with Crippen molar-refractivity contribution in [2.75, 3.05) is 13.6 Å². The fourth-order valence-electron chi connectivity index (χ4n) is 1.03. The van der Waals surface area contributed by atoms with Crippen LogP contribution < -0.4 is 5.32 Å². The summed E-state index contributed by atoms with van der Waals surface area (Å²) < 4.78 is 12.0. The lowest BCUT2D eigenvalue weighted by atomic mass is 10.3. The van der Waals surface area contributed by atoms with Crippen LogP contribution in [-0.4, -0.2) is 23.6 Å². The summed E-state index contributed by atoms with van der Waals surface area (Å²) in [6.45, 7) is 0.505. The van der Waals surface area contributed by atoms with Crippen molar-refractivity contribution >= 4 is 0 Å². The lowest BCUT2D eigenvalue weighted by Gasteiger charge is -1.95. The summed E-state index contributed by atoms with van der Waals surface area (Å²) in [5, 5.41) is 3.04. The van der Waals surface area contributed by atoms with Gasteiger partial charge in [0.1, 0.15) is 12.5 Å². The van der Waals surface area contributed by atoms with Crippen molar-refractivity contribution in [2.45, 2.75) is 19.5 Å². The van der Waals surface area contributed by atoms with Crippen molar-refractivity contribution in [3.05, 3.63) is 17.7 Å². The van der Waals surface area contributed by atoms with Crippen LogP contribution in [0.4, 0.5) is 4.39 Å². The average Bonchev–Trinajstić information content (AvgIpc) is 2.53. The zero-order chi connectivity index (χ0) is 8.81. The highest BCUT2D eigenvalue weighted by Gasteiger charge is 1.98. The highest BCUT2D eigenvalue weighted by Crippen LogP contribution is 2.00. The summed E-state index contributed by atoms with van der Waals surface area (Å²) in [5.74, 6) is 0.873. The summed E-state index contributed by atoms with van der Waals surface area (Å²) in [7, 11) is 1.91. The van der Waals surface area contributed by atoms with E-state index in [0.29, 0.717) is 5.69 Å². The highest BCUT2D eigenvalue weighted by atomic mass is 19.1. The van der Waals surface area contributed by atoms with Gasteiger partial charge in [-0.3, -0.25) is 0 Å². The van der Waals surface area contributed by atoms with Crippen LogP contribution in [0.5, 0.6) is 0 Å². The molecule has 0 aliphatic rings. The Hall–Kier alpha value is -0.900. The number of alkyl halides is 1. The molecule has 0 spiro atoms. The summed E-state index contributed by atoms with van der Waals surface area (Å²) in [4.78, 5) is 6.94. The molecule has 4 heteroatoms. The van der Waals surface area contributed by atoms with Gasteiger partial charge in [-0.15, -0.1) is 0 Å². The van der Waals surface area contributed by atoms with Gasteiger partial charge in [0.25, 0.3) is 0 Å². The molecule has 3 nitrogen and oxygen atoms in total. The Balaban J connectivity index is 2.31. The van der Waals surface area contributed by atoms with Gasteiger partial charge in [-0.25, -0.2) is 9.37 Å². The Morgan fingerprint density at radius 1 is 1.67 bits per heavy atom. The van der Waals surface area contributed by atoms with E-state index in [1.54, 1.807) is 6.20 Å². The number of aromatic amines is 1. The third-order valence-corrected chi connectivity index (χ3v) is 1.67. The Morgan fingerprint density at radius 3 is 3.08 bits per heavy atom. The molecule has 0 fully saturated rings. The molecule has 68 valence electrons. The standard InChI is InChI=1S/C8H14FN3/c1-10-4-2-3-8-11-6-7(5-9)12-8/h6,10H,2-5H2,1H3,(H,11,12). The summed E-state index contributed by atoms with van der Waals surface area (Å²) in [5.41, 5.74) is 0.564. The third-order valence-electron chi connectivity index (χ3n) is 1.67. The van der Waals surface area contributed by atoms with Crippen molar-refractivity contribution in [1.29, 1.82) is 0 Å². The molecule has 0 bridgehead atoms. The molecule has 1 rings (SSSR count). The molecule has 0 unspecified atom stereocenters. The zero-order valence-corrected chi connectivity index (χ0v) is 7.23. The maximum Gasteiger partial charge on any atom is 0.131 e. The molecule has 0 saturated carbocycles. The third kappa shape index (κ3) is 2.62. The predicted molar refractivity (Wildman–Crippen MR) is 45.6 cm³/mol. The number of imidazole rings is 1. The first-order chi connectivity index (χ1) is 5.86. The molecule has 1 aromatic heterocycles. The van der Waals surface area contributed by atoms with Crippen LogP contribution in [0.1, 0.15) is 17.9 Å². The maximum atomic E-state index is 12.0. The van der Waals surface area contributed by atoms with E-state index in [-0.39, 0.29) is 0 Å². The highest BCUT2D eigenvalue weighted by molar-refractivity contribution is 4.99. The Kier molecular flexibility index (Phi) is 3.73. The second-order valence-electron chi connectivity index (χ2n) is 2.70. The molecule has 0 aliphatic heterocycles. The van der Waals surface area contributed by atoms with Crippen LogP contribution in [0.25, 0.3) is 0 Å². The van der Waals surface area contributed by atoms with E-state index in [1.807, 2.05) is 7.05 Å². The van der Waals surface area contributed by atoms with Gasteiger partial charge in [-0.1, -0.05) is 0 Å². The van der Waals surface area contributed by atoms with Gasteiger partial charge in [0.2, 0.25) is 0 Å². The minimum absolute atomic E-state index is 0.459. The monoisotopic (exact) mass is 171 g/mol. The Morgan fingerprint density at radius 2 is 2.50 bits per heavy atom. The molecular weight excluding hydrogens is 157 g/mol. The van der Waals surface area contributed by atoms with Crippen LogP contribution >= 0.6 is 0 Å². The van der Waals surface area contributed by atoms with E-state index in [4.69, 9.17) is 0 Å². The van der Waals surface area contributed by atoms with Crippen molar-refractivity contribution in [2.24, 2.45) is 0 Å². The topological polar surface area (TPSA) is 40.7 Å². The van der Waals surface area contributed by atoms with Crippen molar-refractivity contribution in [1.82, 2.24) is 15.3 Å². The Bertz CT molecular complexity index is 222. The summed E-state index contributed by atoms with van der Waals surface area (Å²) >= 11 is 0. The number of aromatic nitrogens is 2. The molecular formula is C8H14FN3. The molecule has 1 aromatic rings. The molecule has 1 heterocycles. The van der Waals surface area contributed by atoms with Crippen molar-refractivity contribution in [3.8, 4) is 0 Å². The molecule has 0 aliphatic carbocycles. The largest absolute Gasteiger partial charge is 0.344 e. The molecule has 0 saturated heterocycles. The molecule has 12 heavy (non-hydrogen) atoms. The first-order valence-electron chi connectivity index (χ1n) is 4.10. The second kappa shape index (κ2) is 4.87. The van der Waals surface area contributed by atoms with Gasteiger partial charge < -0.3 is 10.3 Å². The number of hydrogen-bond donors (Lipinski definition) is 2. The molecule has 0 atom stereocenters. The number of nitrogens with zero attached hydrogens (tertiary/aromatic N) is 1. The van der Waals surface area contributed by atoms with E-state index in [1.165, 1.54) is 0 Å². The van der Waals surface area contributed by atoms with Gasteiger partial charge in [-0.05, 0) is 20.0 Å². The molecule has 2 N–H and O–H groups in total. The quantitative estimate of drug-likeness (QED) is 0.650. The minimum Gasteiger partial charge on any atom is -0.344 e. The van der Waals surface area contributed by atoms with Gasteiger partial charge in [-0.2, -0.15) is 0 Å². The normalized spacial score (nSPS) is 10.5. The van der Waals surface area contributed by atoms with Crippen LogP contribution in [0.15, 0.2) is 6.20 Å². The maximum absolute atomic E-state index is 12.0. The van der Waals surface area contributed by atoms with E-state index >= 15 is 0 Å². The first-order valence-corrected chi connectivity index (χ1v) is 4.10. The number of halogens is 1. The van der Waals surface area contributed by atoms with Crippen LogP contribution in [0.3, 0.4) is 0 Å². The van der Waals surface area contributed by atoms with Crippen molar-refractivity contribution in [3.63, 3.8) is 0 Å². The number of H-pyrrole nitrogens is 1. The zero-order valence-electron chi connectivity index (χ0n) is 7.23. The first kappa shape index (κ1) is 9.19. The molecule has 0 radical (unpaired) electrons. The molecule has 0 aromatic carbocycles. The summed E-state index contributed by atoms with van der Waals surface area (Å²) in [6, 6.07) is 0. The van der Waals surface area contributed by atoms with Crippen LogP contribution in [0.2, 0.25) is 0 Å². The second-order valence-corrected chi connectivity index (χ2v) is 2.70.